The second kappa shape index (κ2) is 4.84. The van der Waals surface area contributed by atoms with Gasteiger partial charge in [0.15, 0.2) is 5.11 Å². The Bertz CT molecular complexity index is 443. The molecule has 2 N–H and O–H groups in total. The molecule has 1 aromatic heterocycles. The zero-order valence-electron chi connectivity index (χ0n) is 10.6. The van der Waals surface area contributed by atoms with Crippen LogP contribution >= 0.6 is 12.2 Å². The van der Waals surface area contributed by atoms with E-state index >= 15 is 0 Å². The topological polar surface area (TPSA) is 37.0 Å². The van der Waals surface area contributed by atoms with Crippen molar-refractivity contribution >= 4 is 23.1 Å². The Morgan fingerprint density at radius 3 is 2.83 bits per heavy atom. The van der Waals surface area contributed by atoms with Crippen molar-refractivity contribution in [2.24, 2.45) is 11.8 Å². The van der Waals surface area contributed by atoms with Crippen molar-refractivity contribution in [2.75, 3.05) is 5.32 Å². The Kier molecular flexibility index (Phi) is 3.20. The molecule has 3 rings (SSSR count). The highest BCUT2D eigenvalue weighted by Gasteiger charge is 2.39. The highest BCUT2D eigenvalue weighted by Crippen LogP contribution is 2.44. The van der Waals surface area contributed by atoms with E-state index in [1.54, 1.807) is 0 Å². The van der Waals surface area contributed by atoms with E-state index in [-0.39, 0.29) is 0 Å². The minimum absolute atomic E-state index is 0.578. The minimum Gasteiger partial charge on any atom is -0.359 e. The molecule has 18 heavy (non-hydrogen) atoms. The average Bonchev–Trinajstić information content (AvgIpc) is 2.94. The van der Waals surface area contributed by atoms with Crippen LogP contribution < -0.4 is 10.6 Å². The van der Waals surface area contributed by atoms with Gasteiger partial charge in [0, 0.05) is 12.2 Å². The Hall–Kier alpha value is -1.16. The summed E-state index contributed by atoms with van der Waals surface area (Å²) in [6, 6.07) is 4.58. The van der Waals surface area contributed by atoms with Crippen LogP contribution in [0.4, 0.5) is 5.82 Å². The summed E-state index contributed by atoms with van der Waals surface area (Å²) in [5.41, 5.74) is 1.16. The molecule has 2 aliphatic carbocycles. The fourth-order valence-electron chi connectivity index (χ4n) is 3.28. The van der Waals surface area contributed by atoms with E-state index in [4.69, 9.17) is 12.2 Å². The fraction of sp³-hybridized carbons (Fsp3) is 0.571. The lowest BCUT2D eigenvalue weighted by molar-refractivity contribution is 0.392. The molecule has 4 heteroatoms. The van der Waals surface area contributed by atoms with Gasteiger partial charge in [0.1, 0.15) is 5.82 Å². The SMILES string of the molecule is Cc1ccc(NC(=S)N[C@@H]2C[C@H]3CC[C@@H]2C3)nc1. The largest absolute Gasteiger partial charge is 0.359 e. The molecule has 3 atom stereocenters. The van der Waals surface area contributed by atoms with E-state index < -0.39 is 0 Å². The first-order valence-electron chi connectivity index (χ1n) is 6.71. The molecule has 2 saturated carbocycles. The van der Waals surface area contributed by atoms with Crippen LogP contribution in [0.15, 0.2) is 18.3 Å². The Labute approximate surface area is 113 Å². The van der Waals surface area contributed by atoms with Gasteiger partial charge in [-0.1, -0.05) is 12.5 Å². The van der Waals surface area contributed by atoms with E-state index in [9.17, 15) is 0 Å². The van der Waals surface area contributed by atoms with Gasteiger partial charge in [-0.05, 0) is 61.9 Å². The molecule has 2 bridgehead atoms. The number of hydrogen-bond acceptors (Lipinski definition) is 2. The van der Waals surface area contributed by atoms with Crippen molar-refractivity contribution in [1.29, 1.82) is 0 Å². The van der Waals surface area contributed by atoms with Crippen molar-refractivity contribution in [2.45, 2.75) is 38.6 Å². The second-order valence-electron chi connectivity index (χ2n) is 5.60. The van der Waals surface area contributed by atoms with Crippen LogP contribution in [0.2, 0.25) is 0 Å². The van der Waals surface area contributed by atoms with Gasteiger partial charge < -0.3 is 10.6 Å². The summed E-state index contributed by atoms with van der Waals surface area (Å²) >= 11 is 5.36. The molecular formula is C14H19N3S. The van der Waals surface area contributed by atoms with Crippen molar-refractivity contribution in [3.8, 4) is 0 Å². The van der Waals surface area contributed by atoms with E-state index in [1.165, 1.54) is 25.7 Å². The lowest BCUT2D eigenvalue weighted by Gasteiger charge is -2.24. The number of anilines is 1. The quantitative estimate of drug-likeness (QED) is 0.803. The molecule has 0 unspecified atom stereocenters. The van der Waals surface area contributed by atoms with E-state index in [0.29, 0.717) is 11.2 Å². The number of pyridine rings is 1. The number of thiocarbonyl (C=S) groups is 1. The predicted molar refractivity (Wildman–Crippen MR) is 77.6 cm³/mol. The molecule has 0 spiro atoms. The summed E-state index contributed by atoms with van der Waals surface area (Å²) < 4.78 is 0. The van der Waals surface area contributed by atoms with Crippen LogP contribution in [-0.4, -0.2) is 16.1 Å². The van der Waals surface area contributed by atoms with Crippen LogP contribution in [0.1, 0.15) is 31.2 Å². The molecule has 0 aliphatic heterocycles. The van der Waals surface area contributed by atoms with Gasteiger partial charge in [0.05, 0.1) is 0 Å². The number of nitrogens with zero attached hydrogens (tertiary/aromatic N) is 1. The highest BCUT2D eigenvalue weighted by atomic mass is 32.1. The van der Waals surface area contributed by atoms with E-state index in [1.807, 2.05) is 25.3 Å². The van der Waals surface area contributed by atoms with E-state index in [2.05, 4.69) is 15.6 Å². The summed E-state index contributed by atoms with van der Waals surface area (Å²) in [7, 11) is 0. The summed E-state index contributed by atoms with van der Waals surface area (Å²) in [6.45, 7) is 2.03. The molecular weight excluding hydrogens is 242 g/mol. The van der Waals surface area contributed by atoms with Gasteiger partial charge >= 0.3 is 0 Å². The lowest BCUT2D eigenvalue weighted by Crippen LogP contribution is -2.40. The van der Waals surface area contributed by atoms with Crippen molar-refractivity contribution < 1.29 is 0 Å². The standard InChI is InChI=1S/C14H19N3S/c1-9-2-5-13(15-8-9)17-14(18)16-12-7-10-3-4-11(12)6-10/h2,5,8,10-12H,3-4,6-7H2,1H3,(H2,15,16,17,18)/t10-,11+,12+/m0/s1. The number of rotatable bonds is 2. The highest BCUT2D eigenvalue weighted by molar-refractivity contribution is 7.80. The van der Waals surface area contributed by atoms with Crippen molar-refractivity contribution in [3.05, 3.63) is 23.9 Å². The van der Waals surface area contributed by atoms with Gasteiger partial charge in [0.25, 0.3) is 0 Å². The molecule has 0 aromatic carbocycles. The maximum Gasteiger partial charge on any atom is 0.172 e. The molecule has 0 saturated heterocycles. The molecule has 0 amide bonds. The number of aromatic nitrogens is 1. The van der Waals surface area contributed by atoms with Gasteiger partial charge in [-0.25, -0.2) is 4.98 Å². The van der Waals surface area contributed by atoms with Gasteiger partial charge in [-0.3, -0.25) is 0 Å². The third-order valence-corrected chi connectivity index (χ3v) is 4.43. The molecule has 3 nitrogen and oxygen atoms in total. The van der Waals surface area contributed by atoms with Crippen LogP contribution in [0.5, 0.6) is 0 Å². The maximum absolute atomic E-state index is 5.36. The second-order valence-corrected chi connectivity index (χ2v) is 6.01. The number of nitrogens with one attached hydrogen (secondary N) is 2. The first kappa shape index (κ1) is 11.9. The van der Waals surface area contributed by atoms with Crippen molar-refractivity contribution in [3.63, 3.8) is 0 Å². The first-order valence-corrected chi connectivity index (χ1v) is 7.12. The number of aryl methyl sites for hydroxylation is 1. The zero-order valence-corrected chi connectivity index (χ0v) is 11.5. The molecule has 0 radical (unpaired) electrons. The number of hydrogen-bond donors (Lipinski definition) is 2. The fourth-order valence-corrected chi connectivity index (χ4v) is 3.54. The summed E-state index contributed by atoms with van der Waals surface area (Å²) in [4.78, 5) is 4.30. The molecule has 96 valence electrons. The van der Waals surface area contributed by atoms with Crippen LogP contribution in [0.3, 0.4) is 0 Å². The zero-order chi connectivity index (χ0) is 12.5. The van der Waals surface area contributed by atoms with Gasteiger partial charge in [-0.2, -0.15) is 0 Å². The number of fused-ring (bicyclic) bond motifs is 2. The monoisotopic (exact) mass is 261 g/mol. The molecule has 1 heterocycles. The predicted octanol–water partition coefficient (Wildman–Crippen LogP) is 2.87. The maximum atomic E-state index is 5.36. The molecule has 2 fully saturated rings. The molecule has 2 aliphatic rings. The van der Waals surface area contributed by atoms with E-state index in [0.717, 1.165) is 23.2 Å². The van der Waals surface area contributed by atoms with Gasteiger partial charge in [-0.15, -0.1) is 0 Å². The van der Waals surface area contributed by atoms with Crippen LogP contribution in [0.25, 0.3) is 0 Å². The smallest absolute Gasteiger partial charge is 0.172 e. The van der Waals surface area contributed by atoms with Gasteiger partial charge in [0.2, 0.25) is 0 Å². The normalized spacial score (nSPS) is 29.3. The van der Waals surface area contributed by atoms with Crippen LogP contribution in [-0.2, 0) is 0 Å². The average molecular weight is 261 g/mol. The van der Waals surface area contributed by atoms with Crippen molar-refractivity contribution in [1.82, 2.24) is 10.3 Å². The Morgan fingerprint density at radius 1 is 1.33 bits per heavy atom. The Balaban J connectivity index is 1.54. The lowest BCUT2D eigenvalue weighted by atomic mass is 9.96. The molecule has 1 aromatic rings. The third kappa shape index (κ3) is 2.48. The first-order chi connectivity index (χ1) is 8.70. The Morgan fingerprint density at radius 2 is 2.22 bits per heavy atom. The minimum atomic E-state index is 0.578. The third-order valence-electron chi connectivity index (χ3n) is 4.21. The summed E-state index contributed by atoms with van der Waals surface area (Å²) in [6.07, 6.45) is 7.32. The summed E-state index contributed by atoms with van der Waals surface area (Å²) in [5, 5.41) is 7.33. The summed E-state index contributed by atoms with van der Waals surface area (Å²) in [5.74, 6) is 2.59. The van der Waals surface area contributed by atoms with Crippen LogP contribution in [0, 0.1) is 18.8 Å².